The lowest BCUT2D eigenvalue weighted by Crippen LogP contribution is -2.12. The first-order valence-corrected chi connectivity index (χ1v) is 1.98. The Balaban J connectivity index is 2.54. The van der Waals surface area contributed by atoms with Gasteiger partial charge < -0.3 is 4.74 Å². The number of hydroxylamine groups is 2. The molecular weight excluding hydrogens is 94.0 g/mol. The Morgan fingerprint density at radius 2 is 2.71 bits per heavy atom. The van der Waals surface area contributed by atoms with Gasteiger partial charge >= 0.3 is 0 Å². The van der Waals surface area contributed by atoms with E-state index in [9.17, 15) is 0 Å². The minimum atomic E-state index is 0.214. The van der Waals surface area contributed by atoms with Crippen LogP contribution >= 0.6 is 0 Å². The van der Waals surface area contributed by atoms with Crippen molar-refractivity contribution in [3.05, 3.63) is 12.0 Å². The van der Waals surface area contributed by atoms with Crippen LogP contribution < -0.4 is 0 Å². The molecule has 1 rings (SSSR count). The number of allylic oxidation sites excluding steroid dienone is 1. The van der Waals surface area contributed by atoms with Crippen molar-refractivity contribution in [2.24, 2.45) is 0 Å². The third kappa shape index (κ3) is 0.667. The summed E-state index contributed by atoms with van der Waals surface area (Å²) in [5.74, 6) is 0. The maximum absolute atomic E-state index is 8.61. The highest BCUT2D eigenvalue weighted by molar-refractivity contribution is 4.85. The summed E-state index contributed by atoms with van der Waals surface area (Å²) in [5, 5.41) is 9.59. The molecule has 1 N–H and O–H groups in total. The molecule has 0 aliphatic carbocycles. The largest absolute Gasteiger partial charge is 0.465 e. The standard InChI is InChI=1S/C4H6NO2/c1-4-2-7-3-5(4)6/h6H,3H2,1H3. The van der Waals surface area contributed by atoms with Gasteiger partial charge in [-0.2, -0.15) is 0 Å². The molecule has 39 valence electrons. The molecule has 0 fully saturated rings. The number of hydrogen-bond donors (Lipinski definition) is 1. The van der Waals surface area contributed by atoms with Crippen LogP contribution in [0.1, 0.15) is 6.92 Å². The van der Waals surface area contributed by atoms with E-state index in [1.54, 1.807) is 6.92 Å². The summed E-state index contributed by atoms with van der Waals surface area (Å²) >= 11 is 0. The van der Waals surface area contributed by atoms with Gasteiger partial charge in [0.15, 0.2) is 13.0 Å². The van der Waals surface area contributed by atoms with Crippen LogP contribution in [0.3, 0.4) is 0 Å². The number of rotatable bonds is 0. The minimum absolute atomic E-state index is 0.214. The number of nitrogens with zero attached hydrogens (tertiary/aromatic N) is 1. The fourth-order valence-electron chi connectivity index (χ4n) is 0.347. The van der Waals surface area contributed by atoms with Crippen molar-refractivity contribution in [2.45, 2.75) is 6.92 Å². The molecule has 0 amide bonds. The van der Waals surface area contributed by atoms with Crippen molar-refractivity contribution in [3.8, 4) is 0 Å². The summed E-state index contributed by atoms with van der Waals surface area (Å²) in [6.45, 7) is 1.93. The van der Waals surface area contributed by atoms with Crippen molar-refractivity contribution in [1.29, 1.82) is 0 Å². The average molecular weight is 100 g/mol. The summed E-state index contributed by atoms with van der Waals surface area (Å²) in [6, 6.07) is 0. The highest BCUT2D eigenvalue weighted by atomic mass is 16.6. The molecule has 1 aliphatic rings. The van der Waals surface area contributed by atoms with E-state index in [2.05, 4.69) is 11.0 Å². The highest BCUT2D eigenvalue weighted by Crippen LogP contribution is 2.04. The second-order valence-electron chi connectivity index (χ2n) is 1.36. The predicted molar refractivity (Wildman–Crippen MR) is 22.0 cm³/mol. The molecule has 1 radical (unpaired) electrons. The molecule has 0 spiro atoms. The zero-order chi connectivity index (χ0) is 5.28. The van der Waals surface area contributed by atoms with Gasteiger partial charge in [0, 0.05) is 0 Å². The lowest BCUT2D eigenvalue weighted by atomic mass is 10.6. The van der Waals surface area contributed by atoms with Crippen LogP contribution in [0.5, 0.6) is 0 Å². The van der Waals surface area contributed by atoms with Crippen LogP contribution in [0.4, 0.5) is 0 Å². The normalized spacial score (nSPS) is 19.1. The van der Waals surface area contributed by atoms with Crippen molar-refractivity contribution in [3.63, 3.8) is 0 Å². The molecule has 1 aliphatic heterocycles. The minimum Gasteiger partial charge on any atom is -0.465 e. The quantitative estimate of drug-likeness (QED) is 0.476. The van der Waals surface area contributed by atoms with Gasteiger partial charge in [0.05, 0.1) is 5.70 Å². The molecule has 1 heterocycles. The van der Waals surface area contributed by atoms with Crippen molar-refractivity contribution in [2.75, 3.05) is 6.73 Å². The van der Waals surface area contributed by atoms with E-state index in [1.807, 2.05) is 0 Å². The Hall–Kier alpha value is -0.700. The number of ether oxygens (including phenoxy) is 1. The first-order valence-electron chi connectivity index (χ1n) is 1.98. The molecule has 0 aromatic carbocycles. The van der Waals surface area contributed by atoms with E-state index in [1.165, 1.54) is 0 Å². The molecule has 0 unspecified atom stereocenters. The first kappa shape index (κ1) is 4.46. The molecule has 7 heavy (non-hydrogen) atoms. The van der Waals surface area contributed by atoms with E-state index < -0.39 is 0 Å². The molecule has 0 saturated heterocycles. The summed E-state index contributed by atoms with van der Waals surface area (Å²) in [5.41, 5.74) is 0.625. The molecule has 0 aromatic heterocycles. The number of hydrogen-bond acceptors (Lipinski definition) is 3. The van der Waals surface area contributed by atoms with Crippen molar-refractivity contribution in [1.82, 2.24) is 5.06 Å². The Kier molecular flexibility index (Phi) is 0.906. The Bertz CT molecular complexity index is 99.9. The molecule has 3 nitrogen and oxygen atoms in total. The molecule has 0 bridgehead atoms. The Labute approximate surface area is 41.8 Å². The second-order valence-corrected chi connectivity index (χ2v) is 1.36. The van der Waals surface area contributed by atoms with Crippen LogP contribution in [-0.4, -0.2) is 17.0 Å². The van der Waals surface area contributed by atoms with E-state index in [0.717, 1.165) is 5.06 Å². The van der Waals surface area contributed by atoms with Crippen molar-refractivity contribution >= 4 is 0 Å². The topological polar surface area (TPSA) is 32.7 Å². The van der Waals surface area contributed by atoms with Gasteiger partial charge in [0.1, 0.15) is 0 Å². The van der Waals surface area contributed by atoms with E-state index in [-0.39, 0.29) is 6.73 Å². The summed E-state index contributed by atoms with van der Waals surface area (Å²) in [6.07, 6.45) is 2.46. The van der Waals surface area contributed by atoms with E-state index in [0.29, 0.717) is 5.70 Å². The lowest BCUT2D eigenvalue weighted by molar-refractivity contribution is -0.0894. The highest BCUT2D eigenvalue weighted by Gasteiger charge is 2.07. The fraction of sp³-hybridized carbons (Fsp3) is 0.500. The fourth-order valence-corrected chi connectivity index (χ4v) is 0.347. The predicted octanol–water partition coefficient (Wildman–Crippen LogP) is 0.330. The van der Waals surface area contributed by atoms with Crippen LogP contribution in [-0.2, 0) is 4.74 Å². The molecule has 0 aromatic rings. The third-order valence-corrected chi connectivity index (χ3v) is 0.794. The average Bonchev–Trinajstić information content (AvgIpc) is 1.91. The smallest absolute Gasteiger partial charge is 0.187 e. The Morgan fingerprint density at radius 1 is 2.00 bits per heavy atom. The zero-order valence-electron chi connectivity index (χ0n) is 4.01. The van der Waals surface area contributed by atoms with Crippen LogP contribution in [0.2, 0.25) is 0 Å². The van der Waals surface area contributed by atoms with E-state index in [4.69, 9.17) is 5.21 Å². The van der Waals surface area contributed by atoms with E-state index >= 15 is 0 Å². The van der Waals surface area contributed by atoms with Crippen LogP contribution in [0, 0.1) is 6.26 Å². The van der Waals surface area contributed by atoms with Gasteiger partial charge in [-0.25, -0.2) is 5.06 Å². The monoisotopic (exact) mass is 100 g/mol. The van der Waals surface area contributed by atoms with Gasteiger partial charge in [-0.05, 0) is 6.92 Å². The summed E-state index contributed by atoms with van der Waals surface area (Å²) in [7, 11) is 0. The van der Waals surface area contributed by atoms with Gasteiger partial charge in [0.2, 0.25) is 0 Å². The molecule has 0 saturated carbocycles. The van der Waals surface area contributed by atoms with Gasteiger partial charge in [-0.3, -0.25) is 5.21 Å². The zero-order valence-corrected chi connectivity index (χ0v) is 4.01. The van der Waals surface area contributed by atoms with Gasteiger partial charge in [-0.1, -0.05) is 0 Å². The first-order chi connectivity index (χ1) is 3.30. The van der Waals surface area contributed by atoms with Crippen molar-refractivity contribution < 1.29 is 9.94 Å². The SMILES string of the molecule is CC1=[C]OCN1O. The maximum atomic E-state index is 8.61. The summed E-state index contributed by atoms with van der Waals surface area (Å²) in [4.78, 5) is 0. The van der Waals surface area contributed by atoms with Crippen LogP contribution in [0.15, 0.2) is 5.70 Å². The second kappa shape index (κ2) is 1.42. The van der Waals surface area contributed by atoms with Gasteiger partial charge in [-0.15, -0.1) is 0 Å². The van der Waals surface area contributed by atoms with Gasteiger partial charge in [0.25, 0.3) is 0 Å². The third-order valence-electron chi connectivity index (χ3n) is 0.794. The summed E-state index contributed by atoms with van der Waals surface area (Å²) < 4.78 is 4.56. The van der Waals surface area contributed by atoms with Crippen LogP contribution in [0.25, 0.3) is 0 Å². The molecule has 3 heteroatoms. The lowest BCUT2D eigenvalue weighted by Gasteiger charge is -2.04. The molecular formula is C4H6NO2. The maximum Gasteiger partial charge on any atom is 0.187 e. The molecule has 0 atom stereocenters. The Morgan fingerprint density at radius 3 is 2.86 bits per heavy atom.